The minimum Gasteiger partial charge on any atom is -0.395 e. The highest BCUT2D eigenvalue weighted by atomic mass is 16.5. The van der Waals surface area contributed by atoms with Crippen molar-refractivity contribution in [1.82, 2.24) is 4.90 Å². The lowest BCUT2D eigenvalue weighted by Crippen LogP contribution is -2.56. The van der Waals surface area contributed by atoms with E-state index in [1.54, 1.807) is 6.08 Å². The third-order valence-corrected chi connectivity index (χ3v) is 2.48. The predicted octanol–water partition coefficient (Wildman–Crippen LogP) is -0.889. The van der Waals surface area contributed by atoms with Crippen molar-refractivity contribution in [3.8, 4) is 0 Å². The Hall–Kier alpha value is -0.910. The summed E-state index contributed by atoms with van der Waals surface area (Å²) in [7, 11) is 0. The number of rotatable bonds is 5. The van der Waals surface area contributed by atoms with Crippen LogP contribution in [0.5, 0.6) is 0 Å². The summed E-state index contributed by atoms with van der Waals surface area (Å²) in [5.74, 6) is -0.172. The van der Waals surface area contributed by atoms with E-state index in [2.05, 4.69) is 6.58 Å². The normalized spacial score (nSPS) is 25.2. The van der Waals surface area contributed by atoms with Crippen LogP contribution in [0.25, 0.3) is 0 Å². The number of aliphatic hydroxyl groups is 1. The van der Waals surface area contributed by atoms with Gasteiger partial charge in [0.05, 0.1) is 13.2 Å². The van der Waals surface area contributed by atoms with Crippen LogP contribution in [0.15, 0.2) is 12.7 Å². The fraction of sp³-hybridized carbons (Fsp3) is 0.700. The second kappa shape index (κ2) is 5.25. The molecule has 86 valence electrons. The molecule has 1 atom stereocenters. The molecule has 1 rings (SSSR count). The van der Waals surface area contributed by atoms with Gasteiger partial charge in [0, 0.05) is 19.7 Å². The molecule has 5 nitrogen and oxygen atoms in total. The lowest BCUT2D eigenvalue weighted by molar-refractivity contribution is -0.137. The number of ether oxygens (including phenoxy) is 1. The van der Waals surface area contributed by atoms with E-state index in [4.69, 9.17) is 15.6 Å². The zero-order chi connectivity index (χ0) is 11.3. The molecule has 0 aromatic carbocycles. The molecule has 0 bridgehead atoms. The van der Waals surface area contributed by atoms with Crippen LogP contribution in [0.4, 0.5) is 0 Å². The van der Waals surface area contributed by atoms with Gasteiger partial charge in [-0.1, -0.05) is 6.08 Å². The average Bonchev–Trinajstić information content (AvgIpc) is 2.65. The van der Waals surface area contributed by atoms with Crippen molar-refractivity contribution in [2.45, 2.75) is 12.0 Å². The summed E-state index contributed by atoms with van der Waals surface area (Å²) in [4.78, 5) is 13.5. The second-order valence-corrected chi connectivity index (χ2v) is 3.72. The monoisotopic (exact) mass is 214 g/mol. The number of carbonyl (C=O) groups excluding carboxylic acids is 1. The Labute approximate surface area is 89.5 Å². The van der Waals surface area contributed by atoms with E-state index < -0.39 is 5.54 Å². The molecule has 1 heterocycles. The lowest BCUT2D eigenvalue weighted by Gasteiger charge is -2.29. The first-order valence-corrected chi connectivity index (χ1v) is 5.02. The quantitative estimate of drug-likeness (QED) is 0.582. The Balaban J connectivity index is 2.65. The van der Waals surface area contributed by atoms with E-state index in [0.717, 1.165) is 0 Å². The molecule has 5 heteroatoms. The number of hydrogen-bond donors (Lipinski definition) is 2. The summed E-state index contributed by atoms with van der Waals surface area (Å²) in [6, 6.07) is 0. The van der Waals surface area contributed by atoms with Crippen molar-refractivity contribution in [1.29, 1.82) is 0 Å². The molecule has 1 aliphatic heterocycles. The number of amides is 1. The van der Waals surface area contributed by atoms with Gasteiger partial charge in [-0.2, -0.15) is 0 Å². The molecule has 3 N–H and O–H groups in total. The zero-order valence-electron chi connectivity index (χ0n) is 8.82. The van der Waals surface area contributed by atoms with Crippen LogP contribution >= 0.6 is 0 Å². The largest absolute Gasteiger partial charge is 0.395 e. The molecule has 15 heavy (non-hydrogen) atoms. The summed E-state index contributed by atoms with van der Waals surface area (Å²) < 4.78 is 5.13. The Bertz CT molecular complexity index is 237. The van der Waals surface area contributed by atoms with Crippen molar-refractivity contribution in [3.05, 3.63) is 12.7 Å². The van der Waals surface area contributed by atoms with Gasteiger partial charge in [-0.25, -0.2) is 0 Å². The average molecular weight is 214 g/mol. The molecular formula is C10H18N2O3. The van der Waals surface area contributed by atoms with Crippen molar-refractivity contribution in [2.24, 2.45) is 5.73 Å². The molecule has 0 aromatic heterocycles. The van der Waals surface area contributed by atoms with Gasteiger partial charge in [0.25, 0.3) is 0 Å². The molecular weight excluding hydrogens is 196 g/mol. The minimum absolute atomic E-state index is 0.0729. The standard InChI is InChI=1S/C10H18N2O3/c1-2-4-12(5-6-13)9(14)10(11)3-7-15-8-10/h2,13H,1,3-8,11H2. The summed E-state index contributed by atoms with van der Waals surface area (Å²) in [6.07, 6.45) is 2.15. The molecule has 0 radical (unpaired) electrons. The van der Waals surface area contributed by atoms with Crippen LogP contribution in [0.1, 0.15) is 6.42 Å². The fourth-order valence-electron chi connectivity index (χ4n) is 1.62. The number of aliphatic hydroxyl groups excluding tert-OH is 1. The van der Waals surface area contributed by atoms with Gasteiger partial charge in [-0.3, -0.25) is 4.79 Å². The maximum absolute atomic E-state index is 12.0. The van der Waals surface area contributed by atoms with Crippen LogP contribution in [0.2, 0.25) is 0 Å². The maximum Gasteiger partial charge on any atom is 0.245 e. The molecule has 1 aliphatic rings. The lowest BCUT2D eigenvalue weighted by atomic mass is 9.98. The third-order valence-electron chi connectivity index (χ3n) is 2.48. The van der Waals surface area contributed by atoms with E-state index in [1.165, 1.54) is 4.90 Å². The smallest absolute Gasteiger partial charge is 0.245 e. The van der Waals surface area contributed by atoms with Gasteiger partial charge < -0.3 is 20.5 Å². The predicted molar refractivity (Wildman–Crippen MR) is 56.2 cm³/mol. The molecule has 1 fully saturated rings. The number of nitrogens with zero attached hydrogens (tertiary/aromatic N) is 1. The Morgan fingerprint density at radius 1 is 1.73 bits per heavy atom. The van der Waals surface area contributed by atoms with Crippen LogP contribution in [-0.4, -0.2) is 54.4 Å². The van der Waals surface area contributed by atoms with E-state index in [0.29, 0.717) is 19.6 Å². The highest BCUT2D eigenvalue weighted by molar-refractivity contribution is 5.86. The molecule has 0 spiro atoms. The van der Waals surface area contributed by atoms with Crippen LogP contribution in [0, 0.1) is 0 Å². The SMILES string of the molecule is C=CCN(CCO)C(=O)C1(N)CCOC1. The first kappa shape index (κ1) is 12.2. The minimum atomic E-state index is -0.918. The highest BCUT2D eigenvalue weighted by Crippen LogP contribution is 2.18. The maximum atomic E-state index is 12.0. The van der Waals surface area contributed by atoms with Gasteiger partial charge in [0.2, 0.25) is 5.91 Å². The third kappa shape index (κ3) is 2.77. The van der Waals surface area contributed by atoms with Gasteiger partial charge in [0.1, 0.15) is 5.54 Å². The van der Waals surface area contributed by atoms with Crippen LogP contribution in [0.3, 0.4) is 0 Å². The van der Waals surface area contributed by atoms with Gasteiger partial charge in [-0.05, 0) is 6.42 Å². The summed E-state index contributed by atoms with van der Waals surface area (Å²) >= 11 is 0. The van der Waals surface area contributed by atoms with E-state index in [9.17, 15) is 4.79 Å². The molecule has 1 unspecified atom stereocenters. The van der Waals surface area contributed by atoms with Crippen LogP contribution < -0.4 is 5.73 Å². The first-order valence-electron chi connectivity index (χ1n) is 5.02. The van der Waals surface area contributed by atoms with E-state index in [1.807, 2.05) is 0 Å². The van der Waals surface area contributed by atoms with Crippen molar-refractivity contribution < 1.29 is 14.6 Å². The zero-order valence-corrected chi connectivity index (χ0v) is 8.82. The van der Waals surface area contributed by atoms with Crippen molar-refractivity contribution in [3.63, 3.8) is 0 Å². The number of carbonyl (C=O) groups is 1. The molecule has 0 saturated carbocycles. The number of hydrogen-bond acceptors (Lipinski definition) is 4. The Kier molecular flexibility index (Phi) is 4.26. The highest BCUT2D eigenvalue weighted by Gasteiger charge is 2.40. The topological polar surface area (TPSA) is 75.8 Å². The summed E-state index contributed by atoms with van der Waals surface area (Å²) in [6.45, 7) is 4.95. The Morgan fingerprint density at radius 2 is 2.47 bits per heavy atom. The fourth-order valence-corrected chi connectivity index (χ4v) is 1.62. The molecule has 0 aromatic rings. The van der Waals surface area contributed by atoms with Gasteiger partial charge in [0.15, 0.2) is 0 Å². The van der Waals surface area contributed by atoms with Crippen LogP contribution in [-0.2, 0) is 9.53 Å². The van der Waals surface area contributed by atoms with Crippen molar-refractivity contribution in [2.75, 3.05) is 32.9 Å². The molecule has 1 saturated heterocycles. The second-order valence-electron chi connectivity index (χ2n) is 3.72. The van der Waals surface area contributed by atoms with Gasteiger partial charge in [-0.15, -0.1) is 6.58 Å². The van der Waals surface area contributed by atoms with Crippen molar-refractivity contribution >= 4 is 5.91 Å². The summed E-state index contributed by atoms with van der Waals surface area (Å²) in [5, 5.41) is 8.84. The van der Waals surface area contributed by atoms with E-state index >= 15 is 0 Å². The Morgan fingerprint density at radius 3 is 2.93 bits per heavy atom. The number of nitrogens with two attached hydrogens (primary N) is 1. The first-order chi connectivity index (χ1) is 7.14. The molecule has 1 amide bonds. The molecule has 0 aliphatic carbocycles. The summed E-state index contributed by atoms with van der Waals surface area (Å²) in [5.41, 5.74) is 5.01. The van der Waals surface area contributed by atoms with Gasteiger partial charge >= 0.3 is 0 Å². The van der Waals surface area contributed by atoms with E-state index in [-0.39, 0.29) is 25.7 Å².